The van der Waals surface area contributed by atoms with E-state index in [1.165, 1.54) is 52.8 Å². The number of carbonyl (C=O) groups excluding carboxylic acids is 8. The molecular formula is C64H93N15O18S2. The molecule has 33 nitrogen and oxygen atoms in total. The third-order valence-corrected chi connectivity index (χ3v) is 17.0. The number of benzene rings is 3. The maximum atomic E-state index is 15.0. The van der Waals surface area contributed by atoms with Crippen molar-refractivity contribution in [2.75, 3.05) is 96.6 Å². The molecule has 0 radical (unpaired) electrons. The molecule has 10 atom stereocenters. The van der Waals surface area contributed by atoms with Crippen LogP contribution in [0.25, 0.3) is 10.9 Å². The minimum absolute atomic E-state index is 0.00854. The molecule has 0 unspecified atom stereocenters. The normalized spacial score (nSPS) is 16.6. The van der Waals surface area contributed by atoms with Gasteiger partial charge in [0, 0.05) is 93.8 Å². The summed E-state index contributed by atoms with van der Waals surface area (Å²) in [7, 11) is 0. The summed E-state index contributed by atoms with van der Waals surface area (Å²) in [5, 5.41) is 88.5. The van der Waals surface area contributed by atoms with E-state index in [9.17, 15) is 83.7 Å². The molecule has 0 spiro atoms. The summed E-state index contributed by atoms with van der Waals surface area (Å²) in [6.07, 6.45) is -1.18. The Kier molecular flexibility index (Phi) is 34.1. The first kappa shape index (κ1) is 81.0. The van der Waals surface area contributed by atoms with Crippen molar-refractivity contribution in [1.29, 1.82) is 0 Å². The van der Waals surface area contributed by atoms with Gasteiger partial charge in [-0.2, -0.15) is 25.3 Å². The van der Waals surface area contributed by atoms with Gasteiger partial charge in [-0.15, -0.1) is 0 Å². The molecule has 0 saturated carbocycles. The number of hydrogen-bond donors (Lipinski definition) is 20. The average molecular weight is 1420 g/mol. The predicted octanol–water partition coefficient (Wildman–Crippen LogP) is -3.90. The zero-order valence-corrected chi connectivity index (χ0v) is 56.9. The first-order valence-electron chi connectivity index (χ1n) is 32.2. The van der Waals surface area contributed by atoms with Gasteiger partial charge in [0.1, 0.15) is 48.0 Å². The lowest BCUT2D eigenvalue weighted by Crippen LogP contribution is -2.62. The molecule has 1 aromatic heterocycles. The zero-order valence-electron chi connectivity index (χ0n) is 55.1. The van der Waals surface area contributed by atoms with Gasteiger partial charge in [0.2, 0.25) is 41.4 Å². The monoisotopic (exact) mass is 1420 g/mol. The number of carbonyl (C=O) groups is 11. The van der Waals surface area contributed by atoms with Crippen molar-refractivity contribution < 1.29 is 88.5 Å². The van der Waals surface area contributed by atoms with E-state index in [1.54, 1.807) is 65.7 Å². The molecule has 2 heterocycles. The number of fused-ring (bicyclic) bond motifs is 1. The SMILES string of the molecule is C[C@@H](O)[C@H](NC(=O)[C@H](CCCCN)NC(=O)[C@@H](Cc1c[nH]c2ccccc12)NC(=O)[C@H](Cc1ccc(O)cc1)NC(=O)[C@H](CS)NC(=O)[C@@H](Cc1ccccc1)NNC(=O)N1CCN(CC(=O)O)CCN(CC(=O)O)CCN(CC(=O)O)CC1)C(=O)N[C@@H](CS)C(=O)N[C@H](CO)[C@@H](C)O. The number of aromatic nitrogens is 1. The average Bonchev–Trinajstić information content (AvgIpc) is 1.74. The number of para-hydroxylation sites is 1. The molecule has 1 aliphatic rings. The van der Waals surface area contributed by atoms with Gasteiger partial charge >= 0.3 is 23.9 Å². The number of thiol groups is 2. The Morgan fingerprint density at radius 3 is 1.47 bits per heavy atom. The van der Waals surface area contributed by atoms with E-state index in [2.05, 4.69) is 78.3 Å². The van der Waals surface area contributed by atoms with Crippen LogP contribution in [-0.4, -0.2) is 283 Å². The van der Waals surface area contributed by atoms with Gasteiger partial charge < -0.3 is 88.6 Å². The first-order valence-corrected chi connectivity index (χ1v) is 33.5. The highest BCUT2D eigenvalue weighted by Gasteiger charge is 2.37. The Balaban J connectivity index is 1.42. The van der Waals surface area contributed by atoms with Crippen LogP contribution in [0.2, 0.25) is 0 Å². The number of nitrogens with two attached hydrogens (primary N) is 1. The van der Waals surface area contributed by atoms with Gasteiger partial charge in [-0.05, 0) is 81.0 Å². The van der Waals surface area contributed by atoms with Crippen molar-refractivity contribution in [1.82, 2.24) is 72.7 Å². The smallest absolute Gasteiger partial charge is 0.331 e. The van der Waals surface area contributed by atoms with Crippen molar-refractivity contribution in [3.8, 4) is 5.75 Å². The molecule has 0 aliphatic carbocycles. The largest absolute Gasteiger partial charge is 0.508 e. The van der Waals surface area contributed by atoms with Gasteiger partial charge in [-0.3, -0.25) is 68.1 Å². The molecule has 19 N–H and O–H groups in total. The summed E-state index contributed by atoms with van der Waals surface area (Å²) in [6, 6.07) is 8.93. The van der Waals surface area contributed by atoms with Crippen molar-refractivity contribution in [3.63, 3.8) is 0 Å². The molecule has 5 rings (SSSR count). The minimum Gasteiger partial charge on any atom is -0.508 e. The fourth-order valence-electron chi connectivity index (χ4n) is 10.6. The molecule has 3 aromatic carbocycles. The van der Waals surface area contributed by atoms with Crippen LogP contribution in [-0.2, 0) is 67.2 Å². The van der Waals surface area contributed by atoms with Gasteiger partial charge in [0.05, 0.1) is 44.5 Å². The minimum atomic E-state index is -1.73. The van der Waals surface area contributed by atoms with Crippen molar-refractivity contribution in [3.05, 3.63) is 102 Å². The zero-order chi connectivity index (χ0) is 72.7. The topological polar surface area (TPSA) is 492 Å². The maximum absolute atomic E-state index is 15.0. The second-order valence-electron chi connectivity index (χ2n) is 24.0. The Bertz CT molecular complexity index is 3290. The number of unbranched alkanes of at least 4 members (excludes halogenated alkanes) is 1. The second-order valence-corrected chi connectivity index (χ2v) is 24.7. The number of carboxylic acid groups (broad SMARTS) is 3. The van der Waals surface area contributed by atoms with Crippen molar-refractivity contribution >= 4 is 101 Å². The Morgan fingerprint density at radius 1 is 0.515 bits per heavy atom. The number of phenolic OH excluding ortho intramolecular Hbond substituents is 1. The lowest BCUT2D eigenvalue weighted by molar-refractivity contribution is -0.140. The van der Waals surface area contributed by atoms with Gasteiger partial charge in [0.25, 0.3) is 0 Å². The fourth-order valence-corrected chi connectivity index (χ4v) is 11.2. The van der Waals surface area contributed by atoms with Gasteiger partial charge in [-0.1, -0.05) is 60.7 Å². The van der Waals surface area contributed by atoms with Crippen LogP contribution in [0.15, 0.2) is 85.1 Å². The number of phenols is 1. The lowest BCUT2D eigenvalue weighted by atomic mass is 10.0. The van der Waals surface area contributed by atoms with Crippen LogP contribution >= 0.6 is 25.3 Å². The first-order chi connectivity index (χ1) is 47.2. The van der Waals surface area contributed by atoms with E-state index in [4.69, 9.17) is 5.73 Å². The van der Waals surface area contributed by atoms with E-state index < -0.39 is 146 Å². The van der Waals surface area contributed by atoms with Crippen LogP contribution in [0.1, 0.15) is 49.8 Å². The number of aromatic hydroxyl groups is 1. The number of aliphatic carboxylic acids is 3. The number of aliphatic hydroxyl groups excluding tert-OH is 3. The number of rotatable bonds is 37. The highest BCUT2D eigenvalue weighted by Crippen LogP contribution is 2.21. The fraction of sp³-hybridized carbons (Fsp3) is 0.516. The number of nitrogens with one attached hydrogen (secondary N) is 10. The highest BCUT2D eigenvalue weighted by atomic mass is 32.1. The van der Waals surface area contributed by atoms with Gasteiger partial charge in [0.15, 0.2) is 0 Å². The third kappa shape index (κ3) is 27.5. The molecule has 1 saturated heterocycles. The molecule has 544 valence electrons. The number of nitrogens with zero attached hydrogens (tertiary/aromatic N) is 4. The summed E-state index contributed by atoms with van der Waals surface area (Å²) in [5.74, 6) is -10.7. The third-order valence-electron chi connectivity index (χ3n) is 16.3. The second kappa shape index (κ2) is 41.7. The standard InChI is InChI=1S/C64H93N15O18S2/c1-38(81)50(35-80)70-62(95)52(37-99)72-63(96)56(39(2)82)73-57(90)46(14-8-9-19-65)67-59(92)48(30-42-31-66-45-13-7-6-12-44(42)45)69-58(91)47(28-41-15-17-43(83)18-16-41)68-61(94)51(36-98)71-60(93)49(29-40-10-4-3-5-11-40)74-75-64(97)79-26-24-77(33-54(86)87)22-20-76(32-53(84)85)21-23-78(25-27-79)34-55(88)89/h3-7,10-13,15-18,31,38-39,46-52,56,66,74,80-83,98-99H,8-9,14,19-30,32-37,65H2,1-2H3,(H,67,92)(H,68,94)(H,69,91)(H,70,95)(H,71,93)(H,72,96)(H,73,90)(H,75,97)(H,84,85)(H,86,87)(H,88,89)/t38-,39-,46+,47+,48-,49-,50-,51+,52+,56+/m1/s1. The van der Waals surface area contributed by atoms with Crippen LogP contribution in [0, 0.1) is 0 Å². The quantitative estimate of drug-likeness (QED) is 0.0117. The molecule has 1 fully saturated rings. The molecular weight excluding hydrogens is 1330 g/mol. The predicted molar refractivity (Wildman–Crippen MR) is 368 cm³/mol. The number of urea groups is 1. The number of aliphatic hydroxyl groups is 3. The number of hydrazine groups is 1. The van der Waals surface area contributed by atoms with Crippen LogP contribution in [0.5, 0.6) is 5.75 Å². The summed E-state index contributed by atoms with van der Waals surface area (Å²) >= 11 is 8.58. The van der Waals surface area contributed by atoms with E-state index in [0.717, 1.165) is 0 Å². The molecule has 99 heavy (non-hydrogen) atoms. The maximum Gasteiger partial charge on any atom is 0.331 e. The van der Waals surface area contributed by atoms with Crippen molar-refractivity contribution in [2.24, 2.45) is 5.73 Å². The summed E-state index contributed by atoms with van der Waals surface area (Å²) in [4.78, 5) is 159. The van der Waals surface area contributed by atoms with Crippen LogP contribution < -0.4 is 53.8 Å². The molecule has 4 aromatic rings. The van der Waals surface area contributed by atoms with E-state index >= 15 is 4.79 Å². The number of carboxylic acids is 3. The molecule has 35 heteroatoms. The number of amides is 9. The Morgan fingerprint density at radius 2 is 0.960 bits per heavy atom. The molecule has 1 aliphatic heterocycles. The highest BCUT2D eigenvalue weighted by molar-refractivity contribution is 7.80. The van der Waals surface area contributed by atoms with E-state index in [1.807, 2.05) is 0 Å². The number of aromatic amines is 1. The van der Waals surface area contributed by atoms with E-state index in [0.29, 0.717) is 34.0 Å². The van der Waals surface area contributed by atoms with E-state index in [-0.39, 0.29) is 115 Å². The summed E-state index contributed by atoms with van der Waals surface area (Å²) < 4.78 is 0. The molecule has 0 bridgehead atoms. The Labute approximate surface area is 582 Å². The van der Waals surface area contributed by atoms with Gasteiger partial charge in [-0.25, -0.2) is 10.2 Å². The summed E-state index contributed by atoms with van der Waals surface area (Å²) in [6.45, 7) is 0.970. The van der Waals surface area contributed by atoms with Crippen molar-refractivity contribution in [2.45, 2.75) is 113 Å². The molecule has 9 amide bonds. The Hall–Kier alpha value is -8.65. The van der Waals surface area contributed by atoms with Crippen LogP contribution in [0.3, 0.4) is 0 Å². The lowest BCUT2D eigenvalue weighted by Gasteiger charge is -2.33. The summed E-state index contributed by atoms with van der Waals surface area (Å²) in [5.41, 5.74) is 13.4. The number of H-pyrrole nitrogens is 1. The number of hydrogen-bond acceptors (Lipinski definition) is 22. The van der Waals surface area contributed by atoms with Crippen LogP contribution in [0.4, 0.5) is 4.79 Å².